The number of urea groups is 1. The Morgan fingerprint density at radius 1 is 1.11 bits per heavy atom. The number of carbonyl (C=O) groups excluding carboxylic acids is 1. The number of carbonyl (C=O) groups is 1. The number of aryl methyl sites for hydroxylation is 1. The maximum Gasteiger partial charge on any atom is 0.321 e. The quantitative estimate of drug-likeness (QED) is 0.870. The van der Waals surface area contributed by atoms with Gasteiger partial charge in [-0.25, -0.2) is 4.79 Å². The second kappa shape index (κ2) is 7.54. The topological polar surface area (TPSA) is 63.2 Å². The van der Waals surface area contributed by atoms with Gasteiger partial charge in [-0.3, -0.25) is 0 Å². The zero-order valence-electron chi connectivity index (χ0n) is 16.3. The van der Waals surface area contributed by atoms with Crippen LogP contribution in [0.1, 0.15) is 30.4 Å². The number of anilines is 1. The molecule has 1 spiro atoms. The van der Waals surface area contributed by atoms with Crippen LogP contribution in [0.15, 0.2) is 53.7 Å². The second-order valence-electron chi connectivity index (χ2n) is 7.50. The molecule has 2 aliphatic rings. The van der Waals surface area contributed by atoms with Gasteiger partial charge in [0.05, 0.1) is 12.8 Å². The van der Waals surface area contributed by atoms with Crippen molar-refractivity contribution in [1.29, 1.82) is 0 Å². The minimum Gasteiger partial charge on any atom is -0.497 e. The molecule has 0 aromatic heterocycles. The normalized spacial score (nSPS) is 17.8. The molecule has 0 atom stereocenters. The van der Waals surface area contributed by atoms with Gasteiger partial charge >= 0.3 is 6.03 Å². The molecule has 6 heteroatoms. The van der Waals surface area contributed by atoms with Gasteiger partial charge in [-0.05, 0) is 36.8 Å². The number of hydrogen-bond donors (Lipinski definition) is 1. The minimum absolute atomic E-state index is 0.0855. The number of likely N-dealkylation sites (tertiary alicyclic amines) is 1. The second-order valence-corrected chi connectivity index (χ2v) is 7.50. The molecule has 1 N–H and O–H groups in total. The first-order valence-electron chi connectivity index (χ1n) is 9.59. The summed E-state index contributed by atoms with van der Waals surface area (Å²) in [7, 11) is 1.62. The maximum absolute atomic E-state index is 12.6. The summed E-state index contributed by atoms with van der Waals surface area (Å²) in [4.78, 5) is 20.3. The molecule has 28 heavy (non-hydrogen) atoms. The Balaban J connectivity index is 1.32. The van der Waals surface area contributed by atoms with Gasteiger partial charge in [0.2, 0.25) is 0 Å². The molecule has 1 saturated heterocycles. The number of rotatable bonds is 3. The molecule has 4 rings (SSSR count). The SMILES string of the molecule is COc1ccc(NC(=O)N2CCC3(CC2)CC(c2ccc(C)cc2)=NO3)cc1. The minimum atomic E-state index is -0.281. The lowest BCUT2D eigenvalue weighted by atomic mass is 9.85. The van der Waals surface area contributed by atoms with Crippen molar-refractivity contribution in [3.05, 3.63) is 59.7 Å². The molecule has 2 aliphatic heterocycles. The van der Waals surface area contributed by atoms with Crippen LogP contribution in [0.5, 0.6) is 5.75 Å². The Bertz CT molecular complexity index is 867. The number of oxime groups is 1. The van der Waals surface area contributed by atoms with Crippen molar-refractivity contribution in [2.24, 2.45) is 5.16 Å². The molecule has 2 heterocycles. The largest absolute Gasteiger partial charge is 0.497 e. The summed E-state index contributed by atoms with van der Waals surface area (Å²) >= 11 is 0. The van der Waals surface area contributed by atoms with E-state index < -0.39 is 0 Å². The molecule has 0 radical (unpaired) electrons. The molecule has 0 unspecified atom stereocenters. The number of ether oxygens (including phenoxy) is 1. The lowest BCUT2D eigenvalue weighted by molar-refractivity contribution is -0.0544. The zero-order valence-corrected chi connectivity index (χ0v) is 16.3. The van der Waals surface area contributed by atoms with E-state index >= 15 is 0 Å². The first-order chi connectivity index (χ1) is 13.6. The molecule has 0 aliphatic carbocycles. The molecule has 2 amide bonds. The van der Waals surface area contributed by atoms with Gasteiger partial charge in [-0.1, -0.05) is 35.0 Å². The van der Waals surface area contributed by atoms with Crippen molar-refractivity contribution >= 4 is 17.4 Å². The number of nitrogens with zero attached hydrogens (tertiary/aromatic N) is 2. The Hall–Kier alpha value is -3.02. The van der Waals surface area contributed by atoms with Gasteiger partial charge in [0.15, 0.2) is 0 Å². The van der Waals surface area contributed by atoms with Crippen molar-refractivity contribution in [1.82, 2.24) is 4.90 Å². The lowest BCUT2D eigenvalue weighted by Gasteiger charge is -2.37. The predicted molar refractivity (Wildman–Crippen MR) is 109 cm³/mol. The molecular formula is C22H25N3O3. The molecule has 0 bridgehead atoms. The third-order valence-electron chi connectivity index (χ3n) is 5.53. The number of nitrogens with one attached hydrogen (secondary N) is 1. The average molecular weight is 379 g/mol. The molecular weight excluding hydrogens is 354 g/mol. The summed E-state index contributed by atoms with van der Waals surface area (Å²) < 4.78 is 5.14. The van der Waals surface area contributed by atoms with E-state index in [-0.39, 0.29) is 11.6 Å². The van der Waals surface area contributed by atoms with E-state index in [0.29, 0.717) is 13.1 Å². The van der Waals surface area contributed by atoms with Gasteiger partial charge in [0, 0.05) is 38.0 Å². The predicted octanol–water partition coefficient (Wildman–Crippen LogP) is 4.19. The third kappa shape index (κ3) is 3.81. The lowest BCUT2D eigenvalue weighted by Crippen LogP contribution is -2.48. The van der Waals surface area contributed by atoms with Gasteiger partial charge in [0.25, 0.3) is 0 Å². The number of piperidine rings is 1. The molecule has 1 fully saturated rings. The Morgan fingerprint density at radius 3 is 2.43 bits per heavy atom. The van der Waals surface area contributed by atoms with Crippen LogP contribution in [0.2, 0.25) is 0 Å². The van der Waals surface area contributed by atoms with Crippen LogP contribution in [0.3, 0.4) is 0 Å². The fourth-order valence-electron chi connectivity index (χ4n) is 3.68. The smallest absolute Gasteiger partial charge is 0.321 e. The molecule has 146 valence electrons. The zero-order chi connectivity index (χ0) is 19.6. The van der Waals surface area contributed by atoms with E-state index in [1.165, 1.54) is 5.56 Å². The van der Waals surface area contributed by atoms with Gasteiger partial charge < -0.3 is 19.8 Å². The van der Waals surface area contributed by atoms with E-state index in [1.807, 2.05) is 29.2 Å². The fourth-order valence-corrected chi connectivity index (χ4v) is 3.68. The van der Waals surface area contributed by atoms with E-state index in [9.17, 15) is 4.79 Å². The third-order valence-corrected chi connectivity index (χ3v) is 5.53. The summed E-state index contributed by atoms with van der Waals surface area (Å²) in [5.74, 6) is 0.765. The van der Waals surface area contributed by atoms with E-state index in [2.05, 4.69) is 41.7 Å². The Labute approximate surface area is 165 Å². The fraction of sp³-hybridized carbons (Fsp3) is 0.364. The van der Waals surface area contributed by atoms with Crippen LogP contribution < -0.4 is 10.1 Å². The summed E-state index contributed by atoms with van der Waals surface area (Å²) in [5.41, 5.74) is 3.82. The van der Waals surface area contributed by atoms with Crippen molar-refractivity contribution in [2.45, 2.75) is 31.8 Å². The highest BCUT2D eigenvalue weighted by Gasteiger charge is 2.43. The highest BCUT2D eigenvalue weighted by Crippen LogP contribution is 2.36. The number of amides is 2. The van der Waals surface area contributed by atoms with Crippen molar-refractivity contribution in [3.8, 4) is 5.75 Å². The van der Waals surface area contributed by atoms with Gasteiger partial charge in [-0.2, -0.15) is 0 Å². The maximum atomic E-state index is 12.6. The highest BCUT2D eigenvalue weighted by molar-refractivity contribution is 6.01. The summed E-state index contributed by atoms with van der Waals surface area (Å²) in [6.07, 6.45) is 2.35. The molecule has 6 nitrogen and oxygen atoms in total. The summed E-state index contributed by atoms with van der Waals surface area (Å²) in [6, 6.07) is 15.6. The van der Waals surface area contributed by atoms with E-state index in [1.54, 1.807) is 7.11 Å². The van der Waals surface area contributed by atoms with Gasteiger partial charge in [0.1, 0.15) is 11.4 Å². The first-order valence-corrected chi connectivity index (χ1v) is 9.59. The summed E-state index contributed by atoms with van der Waals surface area (Å²) in [6.45, 7) is 3.38. The summed E-state index contributed by atoms with van der Waals surface area (Å²) in [5, 5.41) is 7.30. The van der Waals surface area contributed by atoms with Crippen LogP contribution in [0.25, 0.3) is 0 Å². The average Bonchev–Trinajstić information content (AvgIpc) is 3.13. The number of benzene rings is 2. The Morgan fingerprint density at radius 2 is 1.79 bits per heavy atom. The number of hydrogen-bond acceptors (Lipinski definition) is 4. The van der Waals surface area contributed by atoms with Crippen molar-refractivity contribution in [3.63, 3.8) is 0 Å². The van der Waals surface area contributed by atoms with Crippen LogP contribution in [0.4, 0.5) is 10.5 Å². The van der Waals surface area contributed by atoms with Crippen LogP contribution in [-0.2, 0) is 4.84 Å². The van der Waals surface area contributed by atoms with Crippen molar-refractivity contribution in [2.75, 3.05) is 25.5 Å². The first kappa shape index (κ1) is 18.3. The van der Waals surface area contributed by atoms with Gasteiger partial charge in [-0.15, -0.1) is 0 Å². The van der Waals surface area contributed by atoms with E-state index in [4.69, 9.17) is 9.57 Å². The monoisotopic (exact) mass is 379 g/mol. The Kier molecular flexibility index (Phi) is 4.94. The van der Waals surface area contributed by atoms with Crippen LogP contribution in [-0.4, -0.2) is 42.4 Å². The molecule has 2 aromatic carbocycles. The van der Waals surface area contributed by atoms with Crippen molar-refractivity contribution < 1.29 is 14.4 Å². The van der Waals surface area contributed by atoms with E-state index in [0.717, 1.165) is 42.0 Å². The molecule has 2 aromatic rings. The standard InChI is InChI=1S/C22H25N3O3/c1-16-3-5-17(6-4-16)20-15-22(28-24-20)11-13-25(14-12-22)21(26)23-18-7-9-19(27-2)10-8-18/h3-10H,11-15H2,1-2H3,(H,23,26). The number of methoxy groups -OCH3 is 1. The van der Waals surface area contributed by atoms with Crippen LogP contribution >= 0.6 is 0 Å². The molecule has 0 saturated carbocycles. The highest BCUT2D eigenvalue weighted by atomic mass is 16.7. The van der Waals surface area contributed by atoms with Crippen LogP contribution in [0, 0.1) is 6.92 Å².